The molecule has 0 unspecified atom stereocenters. The lowest BCUT2D eigenvalue weighted by Gasteiger charge is -2.24. The third kappa shape index (κ3) is 6.06. The molecule has 2 N–H and O–H groups in total. The van der Waals surface area contributed by atoms with Crippen LogP contribution in [0.3, 0.4) is 0 Å². The summed E-state index contributed by atoms with van der Waals surface area (Å²) in [6.07, 6.45) is 9.75. The molecule has 0 heterocycles. The van der Waals surface area contributed by atoms with E-state index in [0.717, 1.165) is 32.1 Å². The van der Waals surface area contributed by atoms with Crippen LogP contribution in [0.4, 0.5) is 0 Å². The Kier molecular flexibility index (Phi) is 7.25. The summed E-state index contributed by atoms with van der Waals surface area (Å²) in [7, 11) is 0. The molecule has 0 saturated heterocycles. The summed E-state index contributed by atoms with van der Waals surface area (Å²) in [4.78, 5) is 11.7. The van der Waals surface area contributed by atoms with E-state index in [9.17, 15) is 4.79 Å². The zero-order valence-electron chi connectivity index (χ0n) is 11.1. The zero-order valence-corrected chi connectivity index (χ0v) is 11.1. The number of ether oxygens (including phenoxy) is 1. The van der Waals surface area contributed by atoms with E-state index in [1.54, 1.807) is 0 Å². The summed E-state index contributed by atoms with van der Waals surface area (Å²) in [5, 5.41) is 0. The van der Waals surface area contributed by atoms with Crippen LogP contribution in [0.25, 0.3) is 0 Å². The third-order valence-corrected chi connectivity index (χ3v) is 3.60. The molecule has 1 saturated carbocycles. The van der Waals surface area contributed by atoms with Crippen molar-refractivity contribution in [3.63, 3.8) is 0 Å². The lowest BCUT2D eigenvalue weighted by molar-refractivity contribution is -0.149. The first-order chi connectivity index (χ1) is 8.24. The lowest BCUT2D eigenvalue weighted by Crippen LogP contribution is -2.30. The Balaban J connectivity index is 2.01. The summed E-state index contributed by atoms with van der Waals surface area (Å²) in [6, 6.07) is 0.299. The molecule has 0 aromatic rings. The van der Waals surface area contributed by atoms with E-state index >= 15 is 0 Å². The Bertz CT molecular complexity index is 210. The number of hydrogen-bond acceptors (Lipinski definition) is 3. The van der Waals surface area contributed by atoms with E-state index in [1.165, 1.54) is 25.7 Å². The molecular weight excluding hydrogens is 214 g/mol. The van der Waals surface area contributed by atoms with Gasteiger partial charge in [0.15, 0.2) is 0 Å². The van der Waals surface area contributed by atoms with Gasteiger partial charge in [-0.05, 0) is 32.1 Å². The maximum absolute atomic E-state index is 11.7. The molecule has 0 atom stereocenters. The normalized spacial score (nSPS) is 24.6. The minimum Gasteiger partial charge on any atom is -0.465 e. The van der Waals surface area contributed by atoms with Crippen molar-refractivity contribution >= 4 is 5.97 Å². The number of esters is 1. The molecule has 1 fully saturated rings. The summed E-state index contributed by atoms with van der Waals surface area (Å²) in [5.41, 5.74) is 5.81. The second-order valence-corrected chi connectivity index (χ2v) is 5.19. The number of carbonyl (C=O) groups is 1. The van der Waals surface area contributed by atoms with Gasteiger partial charge >= 0.3 is 5.97 Å². The van der Waals surface area contributed by atoms with Crippen molar-refractivity contribution < 1.29 is 9.53 Å². The highest BCUT2D eigenvalue weighted by molar-refractivity contribution is 5.72. The topological polar surface area (TPSA) is 52.3 Å². The van der Waals surface area contributed by atoms with Gasteiger partial charge in [0.05, 0.1) is 12.5 Å². The Morgan fingerprint density at radius 2 is 1.76 bits per heavy atom. The predicted octanol–water partition coefficient (Wildman–Crippen LogP) is 3.02. The van der Waals surface area contributed by atoms with Crippen molar-refractivity contribution in [1.29, 1.82) is 0 Å². The van der Waals surface area contributed by atoms with E-state index in [2.05, 4.69) is 6.92 Å². The highest BCUT2D eigenvalue weighted by Crippen LogP contribution is 2.24. The molecule has 1 aliphatic rings. The second kappa shape index (κ2) is 8.51. The molecule has 0 aromatic carbocycles. The van der Waals surface area contributed by atoms with Crippen molar-refractivity contribution in [3.05, 3.63) is 0 Å². The fraction of sp³-hybridized carbons (Fsp3) is 0.929. The molecule has 0 aromatic heterocycles. The summed E-state index contributed by atoms with van der Waals surface area (Å²) in [5.74, 6) is 0.123. The van der Waals surface area contributed by atoms with E-state index in [0.29, 0.717) is 12.6 Å². The molecule has 0 bridgehead atoms. The zero-order chi connectivity index (χ0) is 12.5. The van der Waals surface area contributed by atoms with Crippen LogP contribution in [-0.4, -0.2) is 18.6 Å². The van der Waals surface area contributed by atoms with Crippen LogP contribution < -0.4 is 5.73 Å². The molecule has 0 aliphatic heterocycles. The highest BCUT2D eigenvalue weighted by Gasteiger charge is 2.25. The van der Waals surface area contributed by atoms with Gasteiger partial charge < -0.3 is 10.5 Å². The van der Waals surface area contributed by atoms with Gasteiger partial charge in [-0.2, -0.15) is 0 Å². The van der Waals surface area contributed by atoms with E-state index in [1.807, 2.05) is 0 Å². The van der Waals surface area contributed by atoms with Crippen LogP contribution in [0.2, 0.25) is 0 Å². The number of carbonyl (C=O) groups excluding carboxylic acids is 1. The quantitative estimate of drug-likeness (QED) is 0.550. The van der Waals surface area contributed by atoms with Gasteiger partial charge in [0.1, 0.15) is 0 Å². The predicted molar refractivity (Wildman–Crippen MR) is 69.7 cm³/mol. The van der Waals surface area contributed by atoms with Gasteiger partial charge in [-0.15, -0.1) is 0 Å². The van der Waals surface area contributed by atoms with Crippen molar-refractivity contribution in [2.24, 2.45) is 11.7 Å². The molecule has 1 aliphatic carbocycles. The maximum atomic E-state index is 11.7. The summed E-state index contributed by atoms with van der Waals surface area (Å²) >= 11 is 0. The van der Waals surface area contributed by atoms with Gasteiger partial charge in [-0.25, -0.2) is 0 Å². The van der Waals surface area contributed by atoms with Crippen molar-refractivity contribution in [2.45, 2.75) is 70.8 Å². The summed E-state index contributed by atoms with van der Waals surface area (Å²) < 4.78 is 5.32. The average Bonchev–Trinajstić information content (AvgIpc) is 2.34. The van der Waals surface area contributed by atoms with Crippen LogP contribution >= 0.6 is 0 Å². The van der Waals surface area contributed by atoms with Gasteiger partial charge in [0, 0.05) is 6.04 Å². The number of unbranched alkanes of at least 4 members (excludes halogenated alkanes) is 4. The first kappa shape index (κ1) is 14.5. The maximum Gasteiger partial charge on any atom is 0.308 e. The molecule has 0 spiro atoms. The van der Waals surface area contributed by atoms with Crippen LogP contribution in [0.1, 0.15) is 64.7 Å². The number of hydrogen-bond donors (Lipinski definition) is 1. The number of nitrogens with two attached hydrogens (primary N) is 1. The fourth-order valence-electron chi connectivity index (χ4n) is 2.35. The van der Waals surface area contributed by atoms with Crippen molar-refractivity contribution in [1.82, 2.24) is 0 Å². The van der Waals surface area contributed by atoms with Crippen LogP contribution in [-0.2, 0) is 9.53 Å². The molecule has 0 radical (unpaired) electrons. The average molecular weight is 241 g/mol. The first-order valence-electron chi connectivity index (χ1n) is 7.16. The smallest absolute Gasteiger partial charge is 0.308 e. The highest BCUT2D eigenvalue weighted by atomic mass is 16.5. The van der Waals surface area contributed by atoms with Gasteiger partial charge in [0.2, 0.25) is 0 Å². The molecule has 100 valence electrons. The molecular formula is C14H27NO2. The molecule has 3 heteroatoms. The SMILES string of the molecule is CCCCCCCOC(=O)C1CCC(N)CC1. The molecule has 0 amide bonds. The van der Waals surface area contributed by atoms with Gasteiger partial charge in [-0.3, -0.25) is 4.79 Å². The largest absolute Gasteiger partial charge is 0.465 e. The third-order valence-electron chi connectivity index (χ3n) is 3.60. The first-order valence-corrected chi connectivity index (χ1v) is 7.16. The Labute approximate surface area is 105 Å². The fourth-order valence-corrected chi connectivity index (χ4v) is 2.35. The van der Waals surface area contributed by atoms with E-state index in [-0.39, 0.29) is 11.9 Å². The van der Waals surface area contributed by atoms with E-state index in [4.69, 9.17) is 10.5 Å². The van der Waals surface area contributed by atoms with Crippen molar-refractivity contribution in [2.75, 3.05) is 6.61 Å². The number of rotatable bonds is 7. The van der Waals surface area contributed by atoms with Crippen LogP contribution in [0.5, 0.6) is 0 Å². The molecule has 17 heavy (non-hydrogen) atoms. The standard InChI is InChI=1S/C14H27NO2/c1-2-3-4-5-6-11-17-14(16)12-7-9-13(15)10-8-12/h12-13H,2-11,15H2,1H3. The molecule has 1 rings (SSSR count). The van der Waals surface area contributed by atoms with Gasteiger partial charge in [-0.1, -0.05) is 32.6 Å². The second-order valence-electron chi connectivity index (χ2n) is 5.19. The Morgan fingerprint density at radius 3 is 2.41 bits per heavy atom. The monoisotopic (exact) mass is 241 g/mol. The van der Waals surface area contributed by atoms with Crippen LogP contribution in [0, 0.1) is 5.92 Å². The summed E-state index contributed by atoms with van der Waals surface area (Å²) in [6.45, 7) is 2.80. The van der Waals surface area contributed by atoms with E-state index < -0.39 is 0 Å². The minimum atomic E-state index is 0.00684. The lowest BCUT2D eigenvalue weighted by atomic mass is 9.86. The Morgan fingerprint density at radius 1 is 1.12 bits per heavy atom. The van der Waals surface area contributed by atoms with Gasteiger partial charge in [0.25, 0.3) is 0 Å². The molecule has 3 nitrogen and oxygen atoms in total. The van der Waals surface area contributed by atoms with Crippen molar-refractivity contribution in [3.8, 4) is 0 Å². The minimum absolute atomic E-state index is 0.00684. The van der Waals surface area contributed by atoms with Crippen LogP contribution in [0.15, 0.2) is 0 Å². The Hall–Kier alpha value is -0.570.